The highest BCUT2D eigenvalue weighted by Crippen LogP contribution is 2.47. The molecular weight excluding hydrogens is 476 g/mol. The predicted octanol–water partition coefficient (Wildman–Crippen LogP) is 14.0. The summed E-state index contributed by atoms with van der Waals surface area (Å²) in [6.07, 6.45) is 17.0. The molecule has 2 rings (SSSR count). The fourth-order valence-electron chi connectivity index (χ4n) is 3.67. The van der Waals surface area contributed by atoms with Crippen LogP contribution in [0.3, 0.4) is 0 Å². The van der Waals surface area contributed by atoms with E-state index in [0.717, 1.165) is 30.1 Å². The molecule has 0 radical (unpaired) electrons. The highest BCUT2D eigenvalue weighted by Gasteiger charge is 2.32. The lowest BCUT2D eigenvalue weighted by Crippen LogP contribution is -2.19. The van der Waals surface area contributed by atoms with Crippen molar-refractivity contribution in [2.75, 3.05) is 12.0 Å². The van der Waals surface area contributed by atoms with Crippen LogP contribution in [0.2, 0.25) is 0 Å². The topological polar surface area (TPSA) is 0 Å². The first kappa shape index (κ1) is 44.6. The Morgan fingerprint density at radius 3 is 1.71 bits per heavy atom. The zero-order valence-electron chi connectivity index (χ0n) is 29.5. The van der Waals surface area contributed by atoms with Crippen LogP contribution >= 0.6 is 11.8 Å². The van der Waals surface area contributed by atoms with E-state index in [0.29, 0.717) is 5.41 Å². The van der Waals surface area contributed by atoms with Gasteiger partial charge in [0.1, 0.15) is 0 Å². The Morgan fingerprint density at radius 2 is 1.45 bits per heavy atom. The molecule has 0 N–H and O–H groups in total. The third kappa shape index (κ3) is 28.6. The average molecular weight is 553 g/mol. The second-order valence-electron chi connectivity index (χ2n) is 12.4. The van der Waals surface area contributed by atoms with E-state index in [-0.39, 0.29) is 0 Å². The summed E-state index contributed by atoms with van der Waals surface area (Å²) in [6, 6.07) is 0. The molecule has 0 aliphatic heterocycles. The SMILES string of the molecule is C=CCC1=C(C(=C)C2CC2)CCC(C)(C)C1.CC.CCC.CCC.CCC(C)C(C)C.CSCCC(C)C. The van der Waals surface area contributed by atoms with Gasteiger partial charge in [0.05, 0.1) is 0 Å². The van der Waals surface area contributed by atoms with Crippen LogP contribution < -0.4 is 0 Å². The van der Waals surface area contributed by atoms with Crippen LogP contribution in [-0.4, -0.2) is 12.0 Å². The normalized spacial score (nSPS) is 16.0. The van der Waals surface area contributed by atoms with Crippen LogP contribution in [0, 0.1) is 29.1 Å². The van der Waals surface area contributed by atoms with Crippen molar-refractivity contribution in [3.63, 3.8) is 0 Å². The molecule has 0 bridgehead atoms. The molecule has 0 heterocycles. The zero-order chi connectivity index (χ0) is 30.7. The Balaban J connectivity index is -0.000000221. The van der Waals surface area contributed by atoms with Gasteiger partial charge in [-0.25, -0.2) is 0 Å². The smallest absolute Gasteiger partial charge is 0.00679 e. The summed E-state index contributed by atoms with van der Waals surface area (Å²) in [5.41, 5.74) is 5.14. The second-order valence-corrected chi connectivity index (χ2v) is 13.4. The van der Waals surface area contributed by atoms with Crippen molar-refractivity contribution in [2.45, 2.75) is 161 Å². The van der Waals surface area contributed by atoms with Crippen LogP contribution in [0.25, 0.3) is 0 Å². The van der Waals surface area contributed by atoms with E-state index in [1.54, 1.807) is 11.1 Å². The molecule has 230 valence electrons. The number of thioether (sulfide) groups is 1. The minimum atomic E-state index is 0.478. The molecule has 1 saturated carbocycles. The van der Waals surface area contributed by atoms with Gasteiger partial charge in [-0.3, -0.25) is 0 Å². The summed E-state index contributed by atoms with van der Waals surface area (Å²) in [7, 11) is 0. The third-order valence-corrected chi connectivity index (χ3v) is 7.34. The van der Waals surface area contributed by atoms with E-state index in [4.69, 9.17) is 0 Å². The summed E-state index contributed by atoms with van der Waals surface area (Å²) in [5.74, 6) is 4.78. The highest BCUT2D eigenvalue weighted by molar-refractivity contribution is 7.98. The lowest BCUT2D eigenvalue weighted by atomic mass is 9.72. The maximum atomic E-state index is 4.33. The van der Waals surface area contributed by atoms with Crippen molar-refractivity contribution < 1.29 is 0 Å². The molecule has 38 heavy (non-hydrogen) atoms. The van der Waals surface area contributed by atoms with Gasteiger partial charge in [0.15, 0.2) is 0 Å². The van der Waals surface area contributed by atoms with Gasteiger partial charge < -0.3 is 0 Å². The number of hydrogen-bond donors (Lipinski definition) is 0. The molecule has 2 aliphatic rings. The van der Waals surface area contributed by atoms with E-state index >= 15 is 0 Å². The largest absolute Gasteiger partial charge is 0.165 e. The Bertz CT molecular complexity index is 543. The average Bonchev–Trinajstić information content (AvgIpc) is 3.70. The van der Waals surface area contributed by atoms with E-state index in [1.807, 2.05) is 25.6 Å². The summed E-state index contributed by atoms with van der Waals surface area (Å²) < 4.78 is 0. The standard InChI is InChI=1S/C16H24.C7H16.C6H14S.2C3H8.C2H6/c1-5-6-14-11-16(3,4)10-9-15(14)12(2)13-7-8-13;1-5-7(4)6(2)3;1-6(2)4-5-7-3;2*1-3-2;1-2/h5,13H,1-2,6-11H2,3-4H3;6-7H,5H2,1-4H3;6H,4-5H2,1-3H3;2*3H2,1-2H3;1-2H3. The maximum Gasteiger partial charge on any atom is -0.00679 e. The van der Waals surface area contributed by atoms with Crippen molar-refractivity contribution >= 4 is 11.8 Å². The molecule has 0 saturated heterocycles. The molecule has 0 aromatic heterocycles. The van der Waals surface area contributed by atoms with Crippen molar-refractivity contribution in [1.82, 2.24) is 0 Å². The molecular formula is C37H76S. The van der Waals surface area contributed by atoms with E-state index < -0.39 is 0 Å². The van der Waals surface area contributed by atoms with Gasteiger partial charge in [-0.05, 0) is 97.2 Å². The van der Waals surface area contributed by atoms with Gasteiger partial charge in [-0.2, -0.15) is 11.8 Å². The second kappa shape index (κ2) is 29.6. The minimum absolute atomic E-state index is 0.478. The van der Waals surface area contributed by atoms with Gasteiger partial charge >= 0.3 is 0 Å². The van der Waals surface area contributed by atoms with Gasteiger partial charge in [0.2, 0.25) is 0 Å². The first-order valence-electron chi connectivity index (χ1n) is 16.3. The summed E-state index contributed by atoms with van der Waals surface area (Å²) in [6.45, 7) is 39.1. The summed E-state index contributed by atoms with van der Waals surface area (Å²) in [4.78, 5) is 0. The van der Waals surface area contributed by atoms with E-state index in [1.165, 1.54) is 69.1 Å². The van der Waals surface area contributed by atoms with Crippen molar-refractivity contribution in [3.05, 3.63) is 36.0 Å². The molecule has 0 aromatic rings. The van der Waals surface area contributed by atoms with Crippen LogP contribution in [0.5, 0.6) is 0 Å². The fraction of sp³-hybridized carbons (Fsp3) is 0.838. The highest BCUT2D eigenvalue weighted by atomic mass is 32.2. The minimum Gasteiger partial charge on any atom is -0.165 e. The first-order chi connectivity index (χ1) is 17.8. The Morgan fingerprint density at radius 1 is 0.974 bits per heavy atom. The van der Waals surface area contributed by atoms with E-state index in [9.17, 15) is 0 Å². The number of rotatable bonds is 9. The van der Waals surface area contributed by atoms with Crippen LogP contribution in [0.15, 0.2) is 36.0 Å². The molecule has 0 amide bonds. The summed E-state index contributed by atoms with van der Waals surface area (Å²) >= 11 is 1.93. The van der Waals surface area contributed by atoms with Crippen molar-refractivity contribution in [3.8, 4) is 0 Å². The molecule has 1 heteroatoms. The zero-order valence-corrected chi connectivity index (χ0v) is 30.3. The fourth-order valence-corrected chi connectivity index (χ4v) is 4.38. The summed E-state index contributed by atoms with van der Waals surface area (Å²) in [5, 5.41) is 0. The van der Waals surface area contributed by atoms with Gasteiger partial charge in [0, 0.05) is 0 Å². The Labute approximate surface area is 249 Å². The molecule has 0 nitrogen and oxygen atoms in total. The number of allylic oxidation sites excluding steroid dienone is 4. The van der Waals surface area contributed by atoms with Crippen LogP contribution in [0.4, 0.5) is 0 Å². The van der Waals surface area contributed by atoms with Crippen LogP contribution in [-0.2, 0) is 0 Å². The lowest BCUT2D eigenvalue weighted by Gasteiger charge is -2.34. The van der Waals surface area contributed by atoms with Gasteiger partial charge in [-0.1, -0.05) is 134 Å². The molecule has 2 aliphatic carbocycles. The molecule has 0 spiro atoms. The van der Waals surface area contributed by atoms with Crippen LogP contribution in [0.1, 0.15) is 161 Å². The Kier molecular flexibility index (Phi) is 34.7. The third-order valence-electron chi connectivity index (χ3n) is 6.70. The molecule has 1 unspecified atom stereocenters. The predicted molar refractivity (Wildman–Crippen MR) is 187 cm³/mol. The molecule has 1 fully saturated rings. The quantitative estimate of drug-likeness (QED) is 0.256. The van der Waals surface area contributed by atoms with Gasteiger partial charge in [-0.15, -0.1) is 6.58 Å². The first-order valence-corrected chi connectivity index (χ1v) is 17.7. The van der Waals surface area contributed by atoms with Crippen molar-refractivity contribution in [1.29, 1.82) is 0 Å². The maximum absolute atomic E-state index is 4.33. The van der Waals surface area contributed by atoms with E-state index in [2.05, 4.69) is 109 Å². The molecule has 1 atom stereocenters. The van der Waals surface area contributed by atoms with Crippen molar-refractivity contribution in [2.24, 2.45) is 29.1 Å². The number of hydrogen-bond acceptors (Lipinski definition) is 1. The Hall–Kier alpha value is -0.430. The monoisotopic (exact) mass is 553 g/mol. The lowest BCUT2D eigenvalue weighted by molar-refractivity contribution is 0.312. The molecule has 0 aromatic carbocycles. The van der Waals surface area contributed by atoms with Gasteiger partial charge in [0.25, 0.3) is 0 Å².